The van der Waals surface area contributed by atoms with Crippen molar-refractivity contribution in [2.45, 2.75) is 6.54 Å². The van der Waals surface area contributed by atoms with Gasteiger partial charge in [0.15, 0.2) is 5.17 Å². The largest absolute Gasteiger partial charge is 0.497 e. The number of pyridine rings is 1. The van der Waals surface area contributed by atoms with Crippen molar-refractivity contribution in [3.05, 3.63) is 89.9 Å². The van der Waals surface area contributed by atoms with Gasteiger partial charge < -0.3 is 14.8 Å². The molecule has 178 valence electrons. The number of aromatic nitrogens is 1. The zero-order chi connectivity index (χ0) is 24.6. The van der Waals surface area contributed by atoms with Crippen LogP contribution in [0.4, 0.5) is 5.69 Å². The van der Waals surface area contributed by atoms with Crippen LogP contribution in [-0.4, -0.2) is 41.9 Å². The van der Waals surface area contributed by atoms with Crippen LogP contribution in [0.25, 0.3) is 6.08 Å². The molecule has 0 aliphatic carbocycles. The van der Waals surface area contributed by atoms with E-state index >= 15 is 0 Å². The first-order chi connectivity index (χ1) is 17.1. The van der Waals surface area contributed by atoms with E-state index in [2.05, 4.69) is 15.3 Å². The zero-order valence-electron chi connectivity index (χ0n) is 19.3. The standard InChI is InChI=1S/C26H24N4O4S/c1-33-21-11-9-18(10-12-21)14-23-25(32)30(20-7-5-8-22(15-20)34-2)26(29-23)35-17-24(31)28-16-19-6-3-4-13-27-19/h3-15H,16-17H2,1-2H3,(H,28,31)/b23-14-. The van der Waals surface area contributed by atoms with Gasteiger partial charge in [0.25, 0.3) is 5.91 Å². The lowest BCUT2D eigenvalue weighted by Crippen LogP contribution is -2.32. The number of hydrogen-bond donors (Lipinski definition) is 1. The smallest absolute Gasteiger partial charge is 0.283 e. The molecule has 1 N–H and O–H groups in total. The molecule has 9 heteroatoms. The maximum atomic E-state index is 13.4. The summed E-state index contributed by atoms with van der Waals surface area (Å²) in [5, 5.41) is 3.25. The first kappa shape index (κ1) is 24.0. The summed E-state index contributed by atoms with van der Waals surface area (Å²) in [6, 6.07) is 20.0. The van der Waals surface area contributed by atoms with Crippen molar-refractivity contribution in [3.8, 4) is 11.5 Å². The molecule has 35 heavy (non-hydrogen) atoms. The maximum Gasteiger partial charge on any atom is 0.283 e. The molecule has 2 amide bonds. The number of nitrogens with zero attached hydrogens (tertiary/aromatic N) is 3. The van der Waals surface area contributed by atoms with Crippen LogP contribution in [0.3, 0.4) is 0 Å². The van der Waals surface area contributed by atoms with Crippen LogP contribution in [-0.2, 0) is 16.1 Å². The number of carbonyl (C=O) groups is 2. The van der Waals surface area contributed by atoms with Crippen LogP contribution in [0.1, 0.15) is 11.3 Å². The topological polar surface area (TPSA) is 93.1 Å². The van der Waals surface area contributed by atoms with Gasteiger partial charge >= 0.3 is 0 Å². The first-order valence-corrected chi connectivity index (χ1v) is 11.8. The average Bonchev–Trinajstić information content (AvgIpc) is 3.21. The lowest BCUT2D eigenvalue weighted by molar-refractivity contribution is -0.118. The number of hydrogen-bond acceptors (Lipinski definition) is 7. The third-order valence-electron chi connectivity index (χ3n) is 5.09. The highest BCUT2D eigenvalue weighted by atomic mass is 32.2. The second-order valence-corrected chi connectivity index (χ2v) is 8.37. The normalized spacial score (nSPS) is 14.1. The van der Waals surface area contributed by atoms with Crippen LogP contribution in [0.2, 0.25) is 0 Å². The van der Waals surface area contributed by atoms with Crippen molar-refractivity contribution in [1.82, 2.24) is 10.3 Å². The Kier molecular flexibility index (Phi) is 7.79. The van der Waals surface area contributed by atoms with E-state index in [0.717, 1.165) is 17.0 Å². The molecule has 0 unspecified atom stereocenters. The summed E-state index contributed by atoms with van der Waals surface area (Å²) in [5.41, 5.74) is 2.45. The lowest BCUT2D eigenvalue weighted by atomic mass is 10.2. The molecule has 0 spiro atoms. The number of rotatable bonds is 8. The molecular formula is C26H24N4O4S. The van der Waals surface area contributed by atoms with Crippen LogP contribution in [0, 0.1) is 0 Å². The highest BCUT2D eigenvalue weighted by Crippen LogP contribution is 2.31. The van der Waals surface area contributed by atoms with E-state index in [4.69, 9.17) is 9.47 Å². The Balaban J connectivity index is 1.54. The SMILES string of the molecule is COc1ccc(/C=C2\N=C(SCC(=O)NCc3ccccn3)N(c3cccc(OC)c3)C2=O)cc1. The predicted octanol–water partition coefficient (Wildman–Crippen LogP) is 3.89. The number of thioether (sulfide) groups is 1. The summed E-state index contributed by atoms with van der Waals surface area (Å²) in [6.07, 6.45) is 3.39. The number of methoxy groups -OCH3 is 2. The molecule has 1 aliphatic heterocycles. The molecule has 0 saturated carbocycles. The monoisotopic (exact) mass is 488 g/mol. The van der Waals surface area contributed by atoms with Gasteiger partial charge in [-0.2, -0.15) is 0 Å². The van der Waals surface area contributed by atoms with E-state index in [1.165, 1.54) is 16.7 Å². The maximum absolute atomic E-state index is 13.4. The van der Waals surface area contributed by atoms with Gasteiger partial charge in [-0.25, -0.2) is 4.99 Å². The van der Waals surface area contributed by atoms with E-state index in [1.54, 1.807) is 50.8 Å². The number of anilines is 1. The fourth-order valence-corrected chi connectivity index (χ4v) is 4.14. The predicted molar refractivity (Wildman–Crippen MR) is 137 cm³/mol. The minimum absolute atomic E-state index is 0.0925. The molecule has 1 aliphatic rings. The van der Waals surface area contributed by atoms with E-state index in [-0.39, 0.29) is 23.3 Å². The average molecular weight is 489 g/mol. The second kappa shape index (κ2) is 11.3. The van der Waals surface area contributed by atoms with Crippen molar-refractivity contribution < 1.29 is 19.1 Å². The van der Waals surface area contributed by atoms with Crippen LogP contribution in [0.5, 0.6) is 11.5 Å². The number of ether oxygens (including phenoxy) is 2. The summed E-state index contributed by atoms with van der Waals surface area (Å²) in [7, 11) is 3.16. The van der Waals surface area contributed by atoms with Gasteiger partial charge in [-0.05, 0) is 48.0 Å². The van der Waals surface area contributed by atoms with E-state index in [0.29, 0.717) is 23.1 Å². The van der Waals surface area contributed by atoms with Gasteiger partial charge in [0.2, 0.25) is 5.91 Å². The summed E-state index contributed by atoms with van der Waals surface area (Å²) < 4.78 is 10.5. The molecule has 1 aromatic heterocycles. The number of nitrogens with one attached hydrogen (secondary N) is 1. The van der Waals surface area contributed by atoms with Gasteiger partial charge in [-0.15, -0.1) is 0 Å². The van der Waals surface area contributed by atoms with Gasteiger partial charge in [-0.1, -0.05) is 36.0 Å². The fraction of sp³-hybridized carbons (Fsp3) is 0.154. The third kappa shape index (κ3) is 6.07. The Hall–Kier alpha value is -4.11. The Morgan fingerprint density at radius 3 is 2.54 bits per heavy atom. The minimum atomic E-state index is -0.287. The highest BCUT2D eigenvalue weighted by molar-refractivity contribution is 8.14. The third-order valence-corrected chi connectivity index (χ3v) is 6.02. The van der Waals surface area contributed by atoms with Crippen LogP contribution >= 0.6 is 11.8 Å². The summed E-state index contributed by atoms with van der Waals surface area (Å²) in [5.74, 6) is 0.953. The van der Waals surface area contributed by atoms with Crippen molar-refractivity contribution in [2.24, 2.45) is 4.99 Å². The summed E-state index contributed by atoms with van der Waals surface area (Å²) in [4.78, 5) is 36.1. The summed E-state index contributed by atoms with van der Waals surface area (Å²) in [6.45, 7) is 0.327. The summed E-state index contributed by atoms with van der Waals surface area (Å²) >= 11 is 1.19. The molecule has 8 nitrogen and oxygen atoms in total. The van der Waals surface area contributed by atoms with Gasteiger partial charge in [0, 0.05) is 12.3 Å². The Labute approximate surface area is 207 Å². The van der Waals surface area contributed by atoms with E-state index in [9.17, 15) is 9.59 Å². The molecule has 0 radical (unpaired) electrons. The lowest BCUT2D eigenvalue weighted by Gasteiger charge is -2.18. The van der Waals surface area contributed by atoms with Crippen LogP contribution < -0.4 is 19.7 Å². The van der Waals surface area contributed by atoms with Crippen molar-refractivity contribution in [1.29, 1.82) is 0 Å². The molecule has 0 saturated heterocycles. The van der Waals surface area contributed by atoms with E-state index in [1.807, 2.05) is 42.5 Å². The fourth-order valence-electron chi connectivity index (χ4n) is 3.30. The molecule has 2 aromatic carbocycles. The van der Waals surface area contributed by atoms with Crippen LogP contribution in [0.15, 0.2) is 83.6 Å². The molecule has 4 rings (SSSR count). The van der Waals surface area contributed by atoms with Crippen molar-refractivity contribution in [2.75, 3.05) is 24.9 Å². The van der Waals surface area contributed by atoms with Crippen molar-refractivity contribution >= 4 is 40.5 Å². The second-order valence-electron chi connectivity index (χ2n) is 7.43. The number of aliphatic imine (C=N–C) groups is 1. The Bertz CT molecular complexity index is 1260. The molecular weight excluding hydrogens is 464 g/mol. The number of amides is 2. The molecule has 2 heterocycles. The molecule has 0 bridgehead atoms. The van der Waals surface area contributed by atoms with E-state index < -0.39 is 0 Å². The minimum Gasteiger partial charge on any atom is -0.497 e. The number of carbonyl (C=O) groups excluding carboxylic acids is 2. The van der Waals surface area contributed by atoms with Crippen molar-refractivity contribution in [3.63, 3.8) is 0 Å². The zero-order valence-corrected chi connectivity index (χ0v) is 20.1. The molecule has 0 fully saturated rings. The first-order valence-electron chi connectivity index (χ1n) is 10.8. The Morgan fingerprint density at radius 1 is 1.03 bits per heavy atom. The molecule has 0 atom stereocenters. The van der Waals surface area contributed by atoms with Gasteiger partial charge in [0.1, 0.15) is 17.2 Å². The Morgan fingerprint density at radius 2 is 1.83 bits per heavy atom. The number of benzene rings is 2. The highest BCUT2D eigenvalue weighted by Gasteiger charge is 2.32. The molecule has 3 aromatic rings. The van der Waals surface area contributed by atoms with Gasteiger partial charge in [-0.3, -0.25) is 19.5 Å². The quantitative estimate of drug-likeness (QED) is 0.484. The number of amidine groups is 1. The van der Waals surface area contributed by atoms with Gasteiger partial charge in [0.05, 0.1) is 37.9 Å².